The predicted octanol–water partition coefficient (Wildman–Crippen LogP) is 4.61. The standard InChI is InChI=1S/C19H15ClN4O2S/c1-23(2)17(25)13-4-3-5-15(10-13)26-19-22-24-11-16(21-18(24)27-19)12-6-8-14(20)9-7-12/h3-11H,1-2H3. The molecule has 0 spiro atoms. The molecule has 0 aliphatic rings. The largest absolute Gasteiger partial charge is 0.430 e. The second kappa shape index (κ2) is 7.02. The van der Waals surface area contributed by atoms with Crippen molar-refractivity contribution in [2.45, 2.75) is 0 Å². The van der Waals surface area contributed by atoms with Crippen LogP contribution in [0.2, 0.25) is 5.02 Å². The number of hydrogen-bond acceptors (Lipinski definition) is 5. The number of benzene rings is 2. The fourth-order valence-electron chi connectivity index (χ4n) is 2.53. The van der Waals surface area contributed by atoms with Gasteiger partial charge in [-0.25, -0.2) is 9.50 Å². The third-order valence-electron chi connectivity index (χ3n) is 3.86. The molecule has 4 rings (SSSR count). The number of amides is 1. The zero-order valence-corrected chi connectivity index (χ0v) is 16.2. The Morgan fingerprint density at radius 3 is 2.67 bits per heavy atom. The van der Waals surface area contributed by atoms with Crippen molar-refractivity contribution in [3.8, 4) is 22.2 Å². The second-order valence-electron chi connectivity index (χ2n) is 6.06. The van der Waals surface area contributed by atoms with Crippen LogP contribution in [-0.4, -0.2) is 39.5 Å². The van der Waals surface area contributed by atoms with Gasteiger partial charge in [-0.3, -0.25) is 4.79 Å². The molecule has 0 atom stereocenters. The fourth-order valence-corrected chi connectivity index (χ4v) is 3.41. The summed E-state index contributed by atoms with van der Waals surface area (Å²) in [4.78, 5) is 18.9. The number of ether oxygens (including phenoxy) is 1. The van der Waals surface area contributed by atoms with Crippen LogP contribution in [0.15, 0.2) is 54.7 Å². The lowest BCUT2D eigenvalue weighted by Crippen LogP contribution is -2.21. The summed E-state index contributed by atoms with van der Waals surface area (Å²) in [6.07, 6.45) is 1.84. The Labute approximate surface area is 164 Å². The summed E-state index contributed by atoms with van der Waals surface area (Å²) in [5.41, 5.74) is 2.34. The molecule has 27 heavy (non-hydrogen) atoms. The lowest BCUT2D eigenvalue weighted by Gasteiger charge is -2.10. The number of nitrogens with zero attached hydrogens (tertiary/aromatic N) is 4. The highest BCUT2D eigenvalue weighted by Gasteiger charge is 2.13. The fraction of sp³-hybridized carbons (Fsp3) is 0.105. The number of aromatic nitrogens is 3. The van der Waals surface area contributed by atoms with Crippen molar-refractivity contribution in [3.05, 3.63) is 65.3 Å². The minimum Gasteiger partial charge on any atom is -0.430 e. The molecule has 6 nitrogen and oxygen atoms in total. The smallest absolute Gasteiger partial charge is 0.299 e. The van der Waals surface area contributed by atoms with Gasteiger partial charge in [0.15, 0.2) is 0 Å². The Bertz CT molecular complexity index is 1090. The first-order valence-electron chi connectivity index (χ1n) is 8.11. The number of halogens is 1. The number of carbonyl (C=O) groups is 1. The average Bonchev–Trinajstić information content (AvgIpc) is 3.20. The average molecular weight is 399 g/mol. The van der Waals surface area contributed by atoms with Crippen LogP contribution in [-0.2, 0) is 0 Å². The van der Waals surface area contributed by atoms with E-state index in [-0.39, 0.29) is 5.91 Å². The van der Waals surface area contributed by atoms with Crippen LogP contribution in [0.4, 0.5) is 0 Å². The molecule has 2 heterocycles. The van der Waals surface area contributed by atoms with Crippen molar-refractivity contribution in [1.82, 2.24) is 19.5 Å². The predicted molar refractivity (Wildman–Crippen MR) is 106 cm³/mol. The summed E-state index contributed by atoms with van der Waals surface area (Å²) in [6.45, 7) is 0. The Balaban J connectivity index is 1.57. The lowest BCUT2D eigenvalue weighted by molar-refractivity contribution is 0.0827. The molecule has 0 bridgehead atoms. The zero-order valence-electron chi connectivity index (χ0n) is 14.6. The van der Waals surface area contributed by atoms with Gasteiger partial charge in [-0.1, -0.05) is 29.8 Å². The molecule has 0 saturated heterocycles. The molecular weight excluding hydrogens is 384 g/mol. The maximum absolute atomic E-state index is 12.1. The molecule has 1 amide bonds. The number of carbonyl (C=O) groups excluding carboxylic acids is 1. The van der Waals surface area contributed by atoms with Gasteiger partial charge in [0, 0.05) is 30.2 Å². The SMILES string of the molecule is CN(C)C(=O)c1cccc(Oc2nn3cc(-c4ccc(Cl)cc4)nc3s2)c1. The Hall–Kier alpha value is -2.90. The third-order valence-corrected chi connectivity index (χ3v) is 4.91. The quantitative estimate of drug-likeness (QED) is 0.504. The van der Waals surface area contributed by atoms with Gasteiger partial charge in [0.25, 0.3) is 11.1 Å². The Morgan fingerprint density at radius 1 is 1.19 bits per heavy atom. The topological polar surface area (TPSA) is 59.7 Å². The van der Waals surface area contributed by atoms with Gasteiger partial charge in [0.2, 0.25) is 4.96 Å². The van der Waals surface area contributed by atoms with Crippen LogP contribution in [0.3, 0.4) is 0 Å². The number of hydrogen-bond donors (Lipinski definition) is 0. The summed E-state index contributed by atoms with van der Waals surface area (Å²) in [5, 5.41) is 5.55. The van der Waals surface area contributed by atoms with Gasteiger partial charge < -0.3 is 9.64 Å². The van der Waals surface area contributed by atoms with Crippen LogP contribution < -0.4 is 4.74 Å². The second-order valence-corrected chi connectivity index (χ2v) is 7.41. The molecule has 4 aromatic rings. The van der Waals surface area contributed by atoms with E-state index >= 15 is 0 Å². The molecular formula is C19H15ClN4O2S. The number of rotatable bonds is 4. The van der Waals surface area contributed by atoms with Crippen LogP contribution in [0.5, 0.6) is 10.9 Å². The highest BCUT2D eigenvalue weighted by Crippen LogP contribution is 2.30. The van der Waals surface area contributed by atoms with E-state index in [4.69, 9.17) is 16.3 Å². The van der Waals surface area contributed by atoms with Crippen molar-refractivity contribution in [2.24, 2.45) is 0 Å². The molecule has 0 aliphatic heterocycles. The van der Waals surface area contributed by atoms with E-state index in [0.29, 0.717) is 21.5 Å². The summed E-state index contributed by atoms with van der Waals surface area (Å²) in [7, 11) is 3.42. The summed E-state index contributed by atoms with van der Waals surface area (Å²) < 4.78 is 7.49. The molecule has 2 aromatic heterocycles. The summed E-state index contributed by atoms with van der Waals surface area (Å²) >= 11 is 7.25. The molecule has 0 saturated carbocycles. The molecule has 136 valence electrons. The van der Waals surface area contributed by atoms with Crippen molar-refractivity contribution < 1.29 is 9.53 Å². The van der Waals surface area contributed by atoms with Gasteiger partial charge in [-0.2, -0.15) is 0 Å². The molecule has 0 N–H and O–H groups in total. The Morgan fingerprint density at radius 2 is 1.96 bits per heavy atom. The molecule has 0 aliphatic carbocycles. The molecule has 0 fully saturated rings. The van der Waals surface area contributed by atoms with E-state index < -0.39 is 0 Å². The lowest BCUT2D eigenvalue weighted by atomic mass is 10.2. The normalized spacial score (nSPS) is 10.9. The summed E-state index contributed by atoms with van der Waals surface area (Å²) in [5.74, 6) is 0.472. The van der Waals surface area contributed by atoms with Gasteiger partial charge in [0.1, 0.15) is 5.75 Å². The highest BCUT2D eigenvalue weighted by atomic mass is 35.5. The monoisotopic (exact) mass is 398 g/mol. The first-order valence-corrected chi connectivity index (χ1v) is 9.31. The minimum atomic E-state index is -0.0815. The zero-order chi connectivity index (χ0) is 19.0. The van der Waals surface area contributed by atoms with Crippen LogP contribution in [0, 0.1) is 0 Å². The van der Waals surface area contributed by atoms with Crippen LogP contribution in [0.25, 0.3) is 16.2 Å². The van der Waals surface area contributed by atoms with Crippen LogP contribution >= 0.6 is 22.9 Å². The van der Waals surface area contributed by atoms with Crippen molar-refractivity contribution >= 4 is 33.8 Å². The maximum Gasteiger partial charge on any atom is 0.299 e. The third kappa shape index (κ3) is 3.65. The number of imidazole rings is 1. The van der Waals surface area contributed by atoms with Gasteiger partial charge >= 0.3 is 0 Å². The first-order chi connectivity index (χ1) is 13.0. The molecule has 2 aromatic carbocycles. The molecule has 0 unspecified atom stereocenters. The van der Waals surface area contributed by atoms with Crippen molar-refractivity contribution in [2.75, 3.05) is 14.1 Å². The van der Waals surface area contributed by atoms with E-state index in [9.17, 15) is 4.79 Å². The maximum atomic E-state index is 12.1. The first kappa shape index (κ1) is 17.5. The van der Waals surface area contributed by atoms with E-state index in [1.165, 1.54) is 16.2 Å². The van der Waals surface area contributed by atoms with Crippen molar-refractivity contribution in [3.63, 3.8) is 0 Å². The van der Waals surface area contributed by atoms with Crippen LogP contribution in [0.1, 0.15) is 10.4 Å². The molecule has 8 heteroatoms. The summed E-state index contributed by atoms with van der Waals surface area (Å²) in [6, 6.07) is 14.5. The van der Waals surface area contributed by atoms with E-state index in [1.54, 1.807) is 42.9 Å². The van der Waals surface area contributed by atoms with E-state index in [2.05, 4.69) is 10.1 Å². The number of fused-ring (bicyclic) bond motifs is 1. The van der Waals surface area contributed by atoms with Gasteiger partial charge in [-0.05, 0) is 41.7 Å². The minimum absolute atomic E-state index is 0.0815. The van der Waals surface area contributed by atoms with Gasteiger partial charge in [-0.15, -0.1) is 5.10 Å². The molecule has 0 radical (unpaired) electrons. The van der Waals surface area contributed by atoms with Gasteiger partial charge in [0.05, 0.1) is 11.9 Å². The van der Waals surface area contributed by atoms with E-state index in [0.717, 1.165) is 16.2 Å². The van der Waals surface area contributed by atoms with E-state index in [1.807, 2.05) is 30.5 Å². The van der Waals surface area contributed by atoms with Crippen molar-refractivity contribution in [1.29, 1.82) is 0 Å². The highest BCUT2D eigenvalue weighted by molar-refractivity contribution is 7.18. The Kier molecular flexibility index (Phi) is 4.55.